The lowest BCUT2D eigenvalue weighted by atomic mass is 9.49. The van der Waals surface area contributed by atoms with Crippen molar-refractivity contribution in [1.29, 1.82) is 0 Å². The number of rotatable bonds is 8. The maximum absolute atomic E-state index is 12.0. The zero-order valence-electron chi connectivity index (χ0n) is 23.9. The highest BCUT2D eigenvalue weighted by Gasteiger charge is 2.63. The third-order valence-corrected chi connectivity index (χ3v) is 11.2. The lowest BCUT2D eigenvalue weighted by molar-refractivity contribution is -0.143. The molecule has 40 heavy (non-hydrogen) atoms. The van der Waals surface area contributed by atoms with Crippen LogP contribution in [0.4, 0.5) is 0 Å². The standard InChI is InChI=1S/C34H45NO5/c1-33-22-29(23-5-9-26(10-6-23)40-20-19-35-17-3-2-4-18-35)32-27-12-8-25(36)21-24(27)7-11-28(32)30(33)13-15-34(33,39)16-14-31(37)38/h5-6,8-10,12,21,28-30,32,36,39H,2-4,7,11,13-20,22H2,1H3,(H,37,38)/t28-,29+,30-,32+,33-,34+/m0/s1. The molecule has 0 spiro atoms. The van der Waals surface area contributed by atoms with Crippen LogP contribution in [0.15, 0.2) is 42.5 Å². The first kappa shape index (κ1) is 27.6. The van der Waals surface area contributed by atoms with Gasteiger partial charge in [-0.05, 0) is 129 Å². The molecule has 6 atom stereocenters. The summed E-state index contributed by atoms with van der Waals surface area (Å²) in [7, 11) is 0. The largest absolute Gasteiger partial charge is 0.508 e. The predicted molar refractivity (Wildman–Crippen MR) is 155 cm³/mol. The number of phenolic OH excluding ortho intramolecular Hbond substituents is 1. The van der Waals surface area contributed by atoms with Crippen LogP contribution in [0, 0.1) is 17.3 Å². The van der Waals surface area contributed by atoms with E-state index < -0.39 is 11.6 Å². The van der Waals surface area contributed by atoms with Gasteiger partial charge < -0.3 is 20.1 Å². The van der Waals surface area contributed by atoms with Crippen LogP contribution in [0.5, 0.6) is 11.5 Å². The Balaban J connectivity index is 1.28. The molecule has 1 aliphatic heterocycles. The summed E-state index contributed by atoms with van der Waals surface area (Å²) in [5.74, 6) is 1.66. The number of nitrogens with zero attached hydrogens (tertiary/aromatic N) is 1. The molecule has 6 heteroatoms. The molecule has 6 rings (SSSR count). The fourth-order valence-corrected chi connectivity index (χ4v) is 9.12. The fourth-order valence-electron chi connectivity index (χ4n) is 9.12. The van der Waals surface area contributed by atoms with Crippen LogP contribution in [0.3, 0.4) is 0 Å². The summed E-state index contributed by atoms with van der Waals surface area (Å²) in [5, 5.41) is 31.7. The van der Waals surface area contributed by atoms with Crippen molar-refractivity contribution in [2.75, 3.05) is 26.2 Å². The third kappa shape index (κ3) is 5.02. The van der Waals surface area contributed by atoms with Crippen molar-refractivity contribution < 1.29 is 24.9 Å². The van der Waals surface area contributed by atoms with E-state index in [4.69, 9.17) is 4.74 Å². The number of hydrogen-bond acceptors (Lipinski definition) is 5. The Morgan fingerprint density at radius 2 is 1.85 bits per heavy atom. The summed E-state index contributed by atoms with van der Waals surface area (Å²) in [6.45, 7) is 6.24. The maximum atomic E-state index is 12.0. The quantitative estimate of drug-likeness (QED) is 0.370. The summed E-state index contributed by atoms with van der Waals surface area (Å²) in [5.41, 5.74) is 2.53. The zero-order valence-corrected chi connectivity index (χ0v) is 23.9. The summed E-state index contributed by atoms with van der Waals surface area (Å²) in [6.07, 6.45) is 8.62. The molecular weight excluding hydrogens is 502 g/mol. The average Bonchev–Trinajstić information content (AvgIpc) is 3.22. The van der Waals surface area contributed by atoms with E-state index in [9.17, 15) is 20.1 Å². The number of fused-ring (bicyclic) bond motifs is 5. The number of piperidine rings is 1. The number of benzene rings is 2. The van der Waals surface area contributed by atoms with Crippen molar-refractivity contribution in [2.45, 2.75) is 88.6 Å². The van der Waals surface area contributed by atoms with Crippen LogP contribution in [-0.2, 0) is 11.2 Å². The van der Waals surface area contributed by atoms with E-state index in [0.717, 1.165) is 38.0 Å². The number of hydrogen-bond donors (Lipinski definition) is 3. The third-order valence-electron chi connectivity index (χ3n) is 11.2. The van der Waals surface area contributed by atoms with Crippen molar-refractivity contribution in [2.24, 2.45) is 17.3 Å². The molecule has 2 aromatic rings. The highest BCUT2D eigenvalue weighted by atomic mass is 16.5. The number of carbonyl (C=O) groups is 1. The van der Waals surface area contributed by atoms with Crippen molar-refractivity contribution >= 4 is 5.97 Å². The van der Waals surface area contributed by atoms with Crippen molar-refractivity contribution in [3.8, 4) is 11.5 Å². The molecule has 1 heterocycles. The van der Waals surface area contributed by atoms with E-state index in [0.29, 0.717) is 43.0 Å². The van der Waals surface area contributed by atoms with Gasteiger partial charge in [0.1, 0.15) is 18.1 Å². The van der Waals surface area contributed by atoms with Gasteiger partial charge in [-0.3, -0.25) is 9.69 Å². The minimum absolute atomic E-state index is 0.00312. The number of carboxylic acid groups (broad SMARTS) is 1. The van der Waals surface area contributed by atoms with E-state index in [-0.39, 0.29) is 17.8 Å². The highest BCUT2D eigenvalue weighted by molar-refractivity contribution is 5.66. The molecule has 216 valence electrons. The average molecular weight is 548 g/mol. The molecule has 3 fully saturated rings. The minimum Gasteiger partial charge on any atom is -0.508 e. The molecule has 0 aromatic heterocycles. The Bertz CT molecular complexity index is 1210. The van der Waals surface area contributed by atoms with Crippen molar-refractivity contribution in [1.82, 2.24) is 4.90 Å². The van der Waals surface area contributed by atoms with Crippen molar-refractivity contribution in [3.05, 3.63) is 59.2 Å². The topological polar surface area (TPSA) is 90.2 Å². The van der Waals surface area contributed by atoms with Gasteiger partial charge in [0.2, 0.25) is 0 Å². The predicted octanol–water partition coefficient (Wildman–Crippen LogP) is 6.10. The van der Waals surface area contributed by atoms with Crippen LogP contribution in [0.2, 0.25) is 0 Å². The van der Waals surface area contributed by atoms with Gasteiger partial charge in [-0.2, -0.15) is 0 Å². The van der Waals surface area contributed by atoms with Gasteiger partial charge >= 0.3 is 5.97 Å². The fraction of sp³-hybridized carbons (Fsp3) is 0.618. The molecule has 0 amide bonds. The molecule has 2 aromatic carbocycles. The van der Waals surface area contributed by atoms with Crippen LogP contribution >= 0.6 is 0 Å². The van der Waals surface area contributed by atoms with E-state index in [1.54, 1.807) is 0 Å². The lowest BCUT2D eigenvalue weighted by Crippen LogP contribution is -2.53. The number of ether oxygens (including phenoxy) is 1. The van der Waals surface area contributed by atoms with Gasteiger partial charge in [-0.25, -0.2) is 0 Å². The summed E-state index contributed by atoms with van der Waals surface area (Å²) in [6, 6.07) is 14.5. The van der Waals surface area contributed by atoms with Crippen LogP contribution in [-0.4, -0.2) is 58.0 Å². The Labute approximate surface area is 238 Å². The molecule has 4 aliphatic rings. The van der Waals surface area contributed by atoms with Gasteiger partial charge in [0.25, 0.3) is 0 Å². The second kappa shape index (κ2) is 11.0. The van der Waals surface area contributed by atoms with Crippen LogP contribution < -0.4 is 4.74 Å². The molecule has 1 saturated heterocycles. The van der Waals surface area contributed by atoms with Gasteiger partial charge in [0.05, 0.1) is 5.60 Å². The Hall–Kier alpha value is -2.57. The summed E-state index contributed by atoms with van der Waals surface area (Å²) >= 11 is 0. The first-order valence-electron chi connectivity index (χ1n) is 15.5. The maximum Gasteiger partial charge on any atom is 0.303 e. The van der Waals surface area contributed by atoms with Gasteiger partial charge in [0, 0.05) is 18.4 Å². The molecule has 2 saturated carbocycles. The van der Waals surface area contributed by atoms with Crippen molar-refractivity contribution in [3.63, 3.8) is 0 Å². The molecule has 3 N–H and O–H groups in total. The number of aliphatic hydroxyl groups is 1. The van der Waals surface area contributed by atoms with E-state index in [2.05, 4.69) is 42.2 Å². The number of phenols is 1. The summed E-state index contributed by atoms with van der Waals surface area (Å²) < 4.78 is 6.14. The Morgan fingerprint density at radius 3 is 2.60 bits per heavy atom. The van der Waals surface area contributed by atoms with Crippen LogP contribution in [0.25, 0.3) is 0 Å². The molecule has 3 aliphatic carbocycles. The highest BCUT2D eigenvalue weighted by Crippen LogP contribution is 2.68. The number of carboxylic acids is 1. The SMILES string of the molecule is C[C@]12C[C@H](c3ccc(OCCN4CCCCC4)cc3)[C@@H]3c4ccc(O)cc4CC[C@H]3[C@@H]1CC[C@@]2(O)CCC(=O)O. The Morgan fingerprint density at radius 1 is 1.07 bits per heavy atom. The normalized spacial score (nSPS) is 33.5. The lowest BCUT2D eigenvalue weighted by Gasteiger charge is -2.56. The number of aliphatic carboxylic acids is 1. The number of aromatic hydroxyl groups is 1. The zero-order chi connectivity index (χ0) is 27.9. The Kier molecular flexibility index (Phi) is 7.60. The number of likely N-dealkylation sites (tertiary alicyclic amines) is 1. The first-order valence-corrected chi connectivity index (χ1v) is 15.5. The first-order chi connectivity index (χ1) is 19.3. The van der Waals surface area contributed by atoms with Gasteiger partial charge in [-0.15, -0.1) is 0 Å². The van der Waals surface area contributed by atoms with E-state index in [1.165, 1.54) is 49.0 Å². The van der Waals surface area contributed by atoms with E-state index >= 15 is 0 Å². The minimum atomic E-state index is -0.966. The molecule has 0 radical (unpaired) electrons. The van der Waals surface area contributed by atoms with Crippen LogP contribution in [0.1, 0.15) is 93.2 Å². The van der Waals surface area contributed by atoms with E-state index in [1.807, 2.05) is 12.1 Å². The molecule has 0 unspecified atom stereocenters. The molecule has 6 nitrogen and oxygen atoms in total. The molecular formula is C34H45NO5. The van der Waals surface area contributed by atoms with Gasteiger partial charge in [0.15, 0.2) is 0 Å². The second-order valence-electron chi connectivity index (χ2n) is 13.2. The number of aryl methyl sites for hydroxylation is 1. The molecule has 0 bridgehead atoms. The monoisotopic (exact) mass is 547 g/mol. The van der Waals surface area contributed by atoms with Gasteiger partial charge in [-0.1, -0.05) is 31.5 Å². The summed E-state index contributed by atoms with van der Waals surface area (Å²) in [4.78, 5) is 14.0. The smallest absolute Gasteiger partial charge is 0.303 e. The second-order valence-corrected chi connectivity index (χ2v) is 13.2.